The van der Waals surface area contributed by atoms with Crippen LogP contribution in [-0.2, 0) is 17.7 Å². The predicted molar refractivity (Wildman–Crippen MR) is 113 cm³/mol. The molecule has 5 nitrogen and oxygen atoms in total. The summed E-state index contributed by atoms with van der Waals surface area (Å²) in [7, 11) is 3.53. The molecule has 0 spiro atoms. The number of nitrogens with one attached hydrogen (secondary N) is 1. The van der Waals surface area contributed by atoms with Crippen molar-refractivity contribution < 1.29 is 19.5 Å². The molecule has 2 heterocycles. The number of ether oxygens (including phenoxy) is 1. The third-order valence-corrected chi connectivity index (χ3v) is 6.65. The molecule has 0 aliphatic carbocycles. The molecular formula is C17H16I2N2O3S. The van der Waals surface area contributed by atoms with Crippen LogP contribution in [-0.4, -0.2) is 32.9 Å². The maximum Gasteiger partial charge on any atom is 0.341 e. The number of quaternary nitrogens is 1. The Labute approximate surface area is 177 Å². The summed E-state index contributed by atoms with van der Waals surface area (Å²) < 4.78 is 6.61. The third-order valence-electron chi connectivity index (χ3n) is 4.08. The van der Waals surface area contributed by atoms with Crippen LogP contribution in [0.3, 0.4) is 0 Å². The van der Waals surface area contributed by atoms with Gasteiger partial charge in [0.1, 0.15) is 17.1 Å². The van der Waals surface area contributed by atoms with E-state index in [0.717, 1.165) is 28.6 Å². The second-order valence-electron chi connectivity index (χ2n) is 5.87. The van der Waals surface area contributed by atoms with E-state index in [9.17, 15) is 9.90 Å². The van der Waals surface area contributed by atoms with E-state index in [1.165, 1.54) is 28.2 Å². The molecule has 0 saturated heterocycles. The number of esters is 1. The average molecular weight is 582 g/mol. The molecule has 1 aromatic heterocycles. The van der Waals surface area contributed by atoms with Crippen LogP contribution in [0.15, 0.2) is 17.1 Å². The molecule has 1 aliphatic heterocycles. The number of carbonyl (C=O) groups is 1. The Hall–Kier alpha value is -0.720. The first-order valence-electron chi connectivity index (χ1n) is 7.65. The molecule has 25 heavy (non-hydrogen) atoms. The van der Waals surface area contributed by atoms with Crippen LogP contribution in [0.2, 0.25) is 0 Å². The van der Waals surface area contributed by atoms with Crippen LogP contribution in [0.4, 0.5) is 5.00 Å². The summed E-state index contributed by atoms with van der Waals surface area (Å²) in [5, 5.41) is 12.9. The highest BCUT2D eigenvalue weighted by Crippen LogP contribution is 2.37. The number of aliphatic imine (C=N–C) groups is 1. The van der Waals surface area contributed by atoms with Gasteiger partial charge in [0.05, 0.1) is 25.6 Å². The highest BCUT2D eigenvalue weighted by Gasteiger charge is 2.28. The molecule has 0 bridgehead atoms. The van der Waals surface area contributed by atoms with E-state index < -0.39 is 0 Å². The van der Waals surface area contributed by atoms with Gasteiger partial charge in [-0.25, -0.2) is 9.79 Å². The first-order valence-corrected chi connectivity index (χ1v) is 10.6. The van der Waals surface area contributed by atoms with E-state index in [2.05, 4.69) is 34.6 Å². The van der Waals surface area contributed by atoms with E-state index in [1.54, 1.807) is 12.3 Å². The van der Waals surface area contributed by atoms with Gasteiger partial charge in [0.15, 0.2) is 0 Å². The highest BCUT2D eigenvalue weighted by atomic mass is 127. The van der Waals surface area contributed by atoms with Crippen LogP contribution in [0.1, 0.15) is 26.4 Å². The van der Waals surface area contributed by atoms with E-state index in [1.807, 2.05) is 28.7 Å². The number of halogens is 2. The van der Waals surface area contributed by atoms with Crippen molar-refractivity contribution in [3.05, 3.63) is 40.8 Å². The fourth-order valence-electron chi connectivity index (χ4n) is 2.81. The summed E-state index contributed by atoms with van der Waals surface area (Å²) in [5.41, 5.74) is 2.13. The number of rotatable bonds is 3. The topological polar surface area (TPSA) is 66.2 Å². The summed E-state index contributed by atoms with van der Waals surface area (Å²) in [6.45, 7) is 1.87. The van der Waals surface area contributed by atoms with Crippen molar-refractivity contribution in [2.45, 2.75) is 13.0 Å². The molecule has 1 atom stereocenters. The number of methoxy groups -OCH3 is 1. The third kappa shape index (κ3) is 4.01. The number of benzene rings is 1. The minimum Gasteiger partial charge on any atom is -0.871 e. The van der Waals surface area contributed by atoms with Crippen LogP contribution in [0, 0.1) is 7.14 Å². The normalized spacial score (nSPS) is 16.9. The summed E-state index contributed by atoms with van der Waals surface area (Å²) in [5.74, 6) is -0.404. The van der Waals surface area contributed by atoms with Crippen LogP contribution in [0.25, 0.3) is 0 Å². The lowest BCUT2D eigenvalue weighted by atomic mass is 10.0. The fourth-order valence-corrected chi connectivity index (χ4v) is 6.00. The van der Waals surface area contributed by atoms with Gasteiger partial charge in [-0.3, -0.25) is 0 Å². The van der Waals surface area contributed by atoms with E-state index in [-0.39, 0.29) is 11.7 Å². The molecule has 1 unspecified atom stereocenters. The van der Waals surface area contributed by atoms with Crippen LogP contribution in [0.5, 0.6) is 5.75 Å². The van der Waals surface area contributed by atoms with Gasteiger partial charge < -0.3 is 14.7 Å². The Bertz CT molecular complexity index is 864. The summed E-state index contributed by atoms with van der Waals surface area (Å²) in [4.78, 5) is 19.4. The standard InChI is InChI=1S/C17H16I2N2O3S/c1-21-4-3-11-13(8-21)25-16(14(11)17(23)24-2)20-7-9-5-10(18)6-12(19)15(9)22/h5-7,22H,3-4,8H2,1-2H3. The average Bonchev–Trinajstić information content (AvgIpc) is 2.93. The van der Waals surface area contributed by atoms with Crippen LogP contribution >= 0.6 is 56.5 Å². The molecule has 3 rings (SSSR count). The van der Waals surface area contributed by atoms with Gasteiger partial charge in [-0.05, 0) is 68.4 Å². The largest absolute Gasteiger partial charge is 0.871 e. The number of nitrogens with zero attached hydrogens (tertiary/aromatic N) is 1. The Morgan fingerprint density at radius 2 is 2.20 bits per heavy atom. The number of carbonyl (C=O) groups excluding carboxylic acids is 1. The van der Waals surface area contributed by atoms with Gasteiger partial charge >= 0.3 is 5.97 Å². The molecule has 0 radical (unpaired) electrons. The van der Waals surface area contributed by atoms with Gasteiger partial charge in [-0.15, -0.1) is 11.3 Å². The lowest BCUT2D eigenvalue weighted by molar-refractivity contribution is -0.895. The Kier molecular flexibility index (Phi) is 6.01. The van der Waals surface area contributed by atoms with Crippen molar-refractivity contribution in [1.82, 2.24) is 0 Å². The zero-order valence-electron chi connectivity index (χ0n) is 13.7. The van der Waals surface area contributed by atoms with E-state index in [0.29, 0.717) is 19.7 Å². The lowest BCUT2D eigenvalue weighted by Crippen LogP contribution is -3.08. The molecular weight excluding hydrogens is 566 g/mol. The lowest BCUT2D eigenvalue weighted by Gasteiger charge is -2.19. The van der Waals surface area contributed by atoms with Gasteiger partial charge in [-0.2, -0.15) is 0 Å². The van der Waals surface area contributed by atoms with Crippen molar-refractivity contribution in [3.63, 3.8) is 0 Å². The van der Waals surface area contributed by atoms with Crippen molar-refractivity contribution in [3.8, 4) is 5.75 Å². The Balaban J connectivity index is 2.04. The second-order valence-corrected chi connectivity index (χ2v) is 9.37. The fraction of sp³-hybridized carbons (Fsp3) is 0.294. The number of likely N-dealkylation sites (N-methyl/N-ethyl adjacent to an activating group) is 1. The molecule has 0 amide bonds. The van der Waals surface area contributed by atoms with Gasteiger partial charge in [-0.1, -0.05) is 5.75 Å². The minimum absolute atomic E-state index is 0.0464. The number of fused-ring (bicyclic) bond motifs is 1. The van der Waals surface area contributed by atoms with Gasteiger partial charge in [0.25, 0.3) is 0 Å². The van der Waals surface area contributed by atoms with Crippen molar-refractivity contribution in [1.29, 1.82) is 0 Å². The smallest absolute Gasteiger partial charge is 0.341 e. The molecule has 1 aromatic carbocycles. The first-order chi connectivity index (χ1) is 11.9. The SMILES string of the molecule is COC(=O)c1c(N=Cc2cc(I)cc(I)c2[O-])sc2c1CC[NH+](C)C2. The monoisotopic (exact) mass is 582 g/mol. The molecule has 1 N–H and O–H groups in total. The van der Waals surface area contributed by atoms with Crippen molar-refractivity contribution >= 4 is 73.7 Å². The van der Waals surface area contributed by atoms with E-state index in [4.69, 9.17) is 4.74 Å². The second kappa shape index (κ2) is 7.89. The summed E-state index contributed by atoms with van der Waals surface area (Å²) in [6, 6.07) is 3.64. The van der Waals surface area contributed by atoms with E-state index >= 15 is 0 Å². The number of hydrogen-bond acceptors (Lipinski definition) is 5. The molecule has 2 aromatic rings. The van der Waals surface area contributed by atoms with Gasteiger partial charge in [0.2, 0.25) is 0 Å². The maximum atomic E-state index is 12.3. The molecule has 1 aliphatic rings. The highest BCUT2D eigenvalue weighted by molar-refractivity contribution is 14.1. The molecule has 0 fully saturated rings. The predicted octanol–water partition coefficient (Wildman–Crippen LogP) is 2.14. The first kappa shape index (κ1) is 19.1. The maximum absolute atomic E-state index is 12.3. The van der Waals surface area contributed by atoms with Crippen LogP contribution < -0.4 is 10.0 Å². The Morgan fingerprint density at radius 1 is 1.44 bits per heavy atom. The molecule has 132 valence electrons. The van der Waals surface area contributed by atoms with Crippen molar-refractivity contribution in [2.24, 2.45) is 4.99 Å². The zero-order valence-corrected chi connectivity index (χ0v) is 18.8. The Morgan fingerprint density at radius 3 is 2.92 bits per heavy atom. The van der Waals surface area contributed by atoms with Gasteiger partial charge in [0, 0.05) is 19.8 Å². The summed E-state index contributed by atoms with van der Waals surface area (Å²) >= 11 is 5.73. The van der Waals surface area contributed by atoms with Crippen molar-refractivity contribution in [2.75, 3.05) is 20.7 Å². The minimum atomic E-state index is -0.358. The summed E-state index contributed by atoms with van der Waals surface area (Å²) in [6.07, 6.45) is 2.40. The zero-order chi connectivity index (χ0) is 18.1. The quantitative estimate of drug-likeness (QED) is 0.343. The molecule has 0 saturated carbocycles. The number of thiophene rings is 1. The number of hydrogen-bond donors (Lipinski definition) is 1. The molecule has 8 heteroatoms.